The molecule has 6 heteroatoms. The van der Waals surface area contributed by atoms with Gasteiger partial charge in [0.25, 0.3) is 0 Å². The highest BCUT2D eigenvalue weighted by molar-refractivity contribution is 8.69. The molecule has 0 aliphatic carbocycles. The monoisotopic (exact) mass is 268 g/mol. The first-order chi connectivity index (χ1) is 6.93. The van der Waals surface area contributed by atoms with E-state index < -0.39 is 5.62 Å². The molecule has 0 radical (unpaired) electrons. The molecule has 0 spiro atoms. The van der Waals surface area contributed by atoms with Gasteiger partial charge in [-0.3, -0.25) is 4.99 Å². The highest BCUT2D eigenvalue weighted by Gasteiger charge is 2.21. The number of rotatable bonds is 7. The lowest BCUT2D eigenvalue weighted by Crippen LogP contribution is -2.13. The molecule has 0 fully saturated rings. The van der Waals surface area contributed by atoms with Gasteiger partial charge in [0.2, 0.25) is 5.62 Å². The predicted molar refractivity (Wildman–Crippen MR) is 75.4 cm³/mol. The van der Waals surface area contributed by atoms with Gasteiger partial charge in [0, 0.05) is 12.3 Å². The lowest BCUT2D eigenvalue weighted by molar-refractivity contribution is 0.274. The van der Waals surface area contributed by atoms with Crippen molar-refractivity contribution >= 4 is 35.1 Å². The Kier molecular flexibility index (Phi) is 7.88. The number of hydrogen-bond acceptors (Lipinski definition) is 4. The summed E-state index contributed by atoms with van der Waals surface area (Å²) in [4.78, 5) is 3.89. The van der Waals surface area contributed by atoms with E-state index in [9.17, 15) is 0 Å². The lowest BCUT2D eigenvalue weighted by Gasteiger charge is -2.25. The van der Waals surface area contributed by atoms with Crippen molar-refractivity contribution in [3.05, 3.63) is 0 Å². The summed E-state index contributed by atoms with van der Waals surface area (Å²) in [6.07, 6.45) is 2.87. The molecule has 0 saturated heterocycles. The largest absolute Gasteiger partial charge is 0.324 e. The van der Waals surface area contributed by atoms with Gasteiger partial charge >= 0.3 is 0 Å². The van der Waals surface area contributed by atoms with Crippen molar-refractivity contribution in [1.82, 2.24) is 5.09 Å². The fourth-order valence-electron chi connectivity index (χ4n) is 0.803. The molecule has 0 aliphatic heterocycles. The minimum absolute atomic E-state index is 0.144. The maximum Gasteiger partial charge on any atom is 0.211 e. The highest BCUT2D eigenvalue weighted by atomic mass is 32.9. The van der Waals surface area contributed by atoms with E-state index >= 15 is 0 Å². The molecule has 90 valence electrons. The van der Waals surface area contributed by atoms with E-state index in [1.54, 1.807) is 24.8 Å². The van der Waals surface area contributed by atoms with Gasteiger partial charge < -0.3 is 9.61 Å². The van der Waals surface area contributed by atoms with Crippen LogP contribution in [0.3, 0.4) is 0 Å². The molecule has 0 bridgehead atoms. The van der Waals surface area contributed by atoms with Crippen LogP contribution in [0, 0.1) is 0 Å². The van der Waals surface area contributed by atoms with Crippen LogP contribution in [0.1, 0.15) is 34.1 Å². The Hall–Kier alpha value is 0.430. The molecule has 0 aromatic carbocycles. The Morgan fingerprint density at radius 2 is 2.13 bits per heavy atom. The van der Waals surface area contributed by atoms with Crippen molar-refractivity contribution in [2.24, 2.45) is 4.99 Å². The molecule has 0 aliphatic rings. The lowest BCUT2D eigenvalue weighted by atomic mass is 10.4. The van der Waals surface area contributed by atoms with E-state index in [0.29, 0.717) is 5.25 Å². The van der Waals surface area contributed by atoms with Crippen LogP contribution < -0.4 is 5.09 Å². The Balaban J connectivity index is 4.47. The van der Waals surface area contributed by atoms with Gasteiger partial charge in [0.1, 0.15) is 0 Å². The van der Waals surface area contributed by atoms with Crippen LogP contribution in [0.25, 0.3) is 0 Å². The van der Waals surface area contributed by atoms with Gasteiger partial charge in [-0.15, -0.1) is 0 Å². The van der Waals surface area contributed by atoms with Crippen molar-refractivity contribution < 1.29 is 4.52 Å². The van der Waals surface area contributed by atoms with Gasteiger partial charge in [0.15, 0.2) is 0 Å². The molecule has 3 nitrogen and oxygen atoms in total. The van der Waals surface area contributed by atoms with E-state index in [0.717, 1.165) is 6.42 Å². The maximum atomic E-state index is 5.80. The van der Waals surface area contributed by atoms with E-state index in [4.69, 9.17) is 16.3 Å². The summed E-state index contributed by atoms with van der Waals surface area (Å²) in [5.74, 6) is 0. The van der Waals surface area contributed by atoms with Crippen molar-refractivity contribution in [1.29, 1.82) is 0 Å². The van der Waals surface area contributed by atoms with Crippen molar-refractivity contribution in [2.75, 3.05) is 7.05 Å². The standard InChI is InChI=1S/C9H21N2OPS2/c1-6-9(4)15-13(14,11-7-10-5)12-8(2)3/h7-9H,6H2,1-5H3,(H,10,11,14). The van der Waals surface area contributed by atoms with Crippen molar-refractivity contribution in [3.63, 3.8) is 0 Å². The summed E-state index contributed by atoms with van der Waals surface area (Å²) in [6, 6.07) is 0. The number of hydrogen-bond donors (Lipinski definition) is 1. The van der Waals surface area contributed by atoms with Gasteiger partial charge in [-0.2, -0.15) is 0 Å². The van der Waals surface area contributed by atoms with E-state index in [1.807, 2.05) is 13.8 Å². The van der Waals surface area contributed by atoms with Crippen LogP contribution >= 0.6 is 17.0 Å². The molecule has 0 heterocycles. The zero-order chi connectivity index (χ0) is 11.9. The first-order valence-electron chi connectivity index (χ1n) is 5.08. The van der Waals surface area contributed by atoms with Crippen LogP contribution in [0.2, 0.25) is 0 Å². The SMILES string of the molecule is CCC(C)SP(=S)(NC=NC)OC(C)C. The maximum absolute atomic E-state index is 5.80. The summed E-state index contributed by atoms with van der Waals surface area (Å²) in [5, 5.41) is 3.62. The van der Waals surface area contributed by atoms with Crippen molar-refractivity contribution in [3.8, 4) is 0 Å². The molecule has 0 amide bonds. The zero-order valence-electron chi connectivity index (χ0n) is 10.1. The van der Waals surface area contributed by atoms with Crippen LogP contribution in [-0.2, 0) is 16.3 Å². The first-order valence-corrected chi connectivity index (χ1v) is 9.29. The van der Waals surface area contributed by atoms with Crippen LogP contribution in [0.15, 0.2) is 4.99 Å². The molecule has 2 unspecified atom stereocenters. The predicted octanol–water partition coefficient (Wildman–Crippen LogP) is 3.42. The summed E-state index contributed by atoms with van der Waals surface area (Å²) in [6.45, 7) is 8.33. The molecule has 0 rings (SSSR count). The fraction of sp³-hybridized carbons (Fsp3) is 0.889. The van der Waals surface area contributed by atoms with Gasteiger partial charge in [-0.1, -0.05) is 25.2 Å². The average Bonchev–Trinajstić information content (AvgIpc) is 2.13. The topological polar surface area (TPSA) is 33.6 Å². The smallest absolute Gasteiger partial charge is 0.211 e. The second-order valence-electron chi connectivity index (χ2n) is 3.49. The first kappa shape index (κ1) is 15.4. The quantitative estimate of drug-likeness (QED) is 0.436. The molecule has 0 saturated carbocycles. The van der Waals surface area contributed by atoms with Crippen molar-refractivity contribution in [2.45, 2.75) is 45.5 Å². The number of nitrogens with one attached hydrogen (secondary N) is 1. The fourth-order valence-corrected chi connectivity index (χ4v) is 7.25. The Bertz CT molecular complexity index is 246. The average molecular weight is 268 g/mol. The number of nitrogens with zero attached hydrogens (tertiary/aromatic N) is 1. The number of aliphatic imine (C=N–C) groups is 1. The Morgan fingerprint density at radius 3 is 2.53 bits per heavy atom. The van der Waals surface area contributed by atoms with E-state index in [1.165, 1.54) is 0 Å². The van der Waals surface area contributed by atoms with E-state index in [-0.39, 0.29) is 6.10 Å². The van der Waals surface area contributed by atoms with Crippen LogP contribution in [0.5, 0.6) is 0 Å². The van der Waals surface area contributed by atoms with Gasteiger partial charge in [0.05, 0.1) is 12.4 Å². The zero-order valence-corrected chi connectivity index (χ0v) is 12.6. The molecule has 2 atom stereocenters. The van der Waals surface area contributed by atoms with Gasteiger partial charge in [-0.25, -0.2) is 0 Å². The minimum atomic E-state index is -2.01. The molecule has 1 N–H and O–H groups in total. The summed E-state index contributed by atoms with van der Waals surface area (Å²) < 4.78 is 5.80. The Morgan fingerprint density at radius 1 is 1.53 bits per heavy atom. The Labute approximate surface area is 102 Å². The van der Waals surface area contributed by atoms with Crippen LogP contribution in [0.4, 0.5) is 0 Å². The second-order valence-corrected chi connectivity index (χ2v) is 10.4. The second kappa shape index (κ2) is 7.66. The normalized spacial score (nSPS) is 18.0. The minimum Gasteiger partial charge on any atom is -0.324 e. The molecular formula is C9H21N2OPS2. The highest BCUT2D eigenvalue weighted by Crippen LogP contribution is 2.59. The third kappa shape index (κ3) is 7.34. The molecule has 0 aromatic rings. The third-order valence-corrected chi connectivity index (χ3v) is 7.53. The summed E-state index contributed by atoms with van der Waals surface area (Å²) in [5.41, 5.74) is -2.01. The van der Waals surface area contributed by atoms with Crippen LogP contribution in [-0.4, -0.2) is 24.7 Å². The third-order valence-electron chi connectivity index (χ3n) is 1.59. The molecular weight excluding hydrogens is 247 g/mol. The summed E-state index contributed by atoms with van der Waals surface area (Å²) >= 11 is 7.25. The van der Waals surface area contributed by atoms with E-state index in [2.05, 4.69) is 23.9 Å². The molecule has 15 heavy (non-hydrogen) atoms. The molecule has 0 aromatic heterocycles. The van der Waals surface area contributed by atoms with Gasteiger partial charge in [-0.05, 0) is 32.1 Å². The summed E-state index contributed by atoms with van der Waals surface area (Å²) in [7, 11) is 1.72.